The first-order valence-corrected chi connectivity index (χ1v) is 6.65. The van der Waals surface area contributed by atoms with Gasteiger partial charge in [0.2, 0.25) is 0 Å². The number of fused-ring (bicyclic) bond motifs is 1. The first-order chi connectivity index (χ1) is 9.72. The van der Waals surface area contributed by atoms with Crippen LogP contribution in [0.15, 0.2) is 29.2 Å². The van der Waals surface area contributed by atoms with Gasteiger partial charge >= 0.3 is 6.03 Å². The Morgan fingerprint density at radius 1 is 1.65 bits per heavy atom. The van der Waals surface area contributed by atoms with Gasteiger partial charge in [-0.05, 0) is 12.3 Å². The molecule has 7 heteroatoms. The molecule has 0 bridgehead atoms. The molecule has 1 aliphatic heterocycles. The number of hydrogen-bond donors (Lipinski definition) is 1. The van der Waals surface area contributed by atoms with Crippen LogP contribution in [-0.4, -0.2) is 39.2 Å². The highest BCUT2D eigenvalue weighted by Crippen LogP contribution is 2.20. The number of rotatable bonds is 3. The molecule has 0 fully saturated rings. The molecule has 7 nitrogen and oxygen atoms in total. The van der Waals surface area contributed by atoms with E-state index in [9.17, 15) is 4.79 Å². The Hall–Kier alpha value is -2.31. The Kier molecular flexibility index (Phi) is 3.41. The van der Waals surface area contributed by atoms with Crippen molar-refractivity contribution in [2.24, 2.45) is 5.92 Å². The number of aryl methyl sites for hydroxylation is 1. The van der Waals surface area contributed by atoms with Gasteiger partial charge in [-0.25, -0.2) is 9.78 Å². The van der Waals surface area contributed by atoms with Crippen molar-refractivity contribution in [2.75, 3.05) is 18.9 Å². The van der Waals surface area contributed by atoms with Crippen LogP contribution in [0.1, 0.15) is 12.2 Å². The lowest BCUT2D eigenvalue weighted by Crippen LogP contribution is -2.37. The molecule has 20 heavy (non-hydrogen) atoms. The zero-order chi connectivity index (χ0) is 13.9. The fourth-order valence-corrected chi connectivity index (χ4v) is 2.52. The highest BCUT2D eigenvalue weighted by atomic mass is 16.5. The number of nitrogens with one attached hydrogen (secondary N) is 1. The molecule has 0 saturated carbocycles. The van der Waals surface area contributed by atoms with Crippen LogP contribution in [0.3, 0.4) is 0 Å². The predicted molar refractivity (Wildman–Crippen MR) is 72.2 cm³/mol. The highest BCUT2D eigenvalue weighted by Gasteiger charge is 2.22. The second-order valence-electron chi connectivity index (χ2n) is 5.09. The molecule has 2 amide bonds. The SMILES string of the molecule is CN(C[C@@H]1CCn2ccnc2C1)C(=O)Nc1ccon1. The maximum atomic E-state index is 12.0. The standard InChI is InChI=1S/C13H17N5O2/c1-17(13(19)15-11-3-7-20-16-11)9-10-2-5-18-6-4-14-12(18)8-10/h3-4,6-7,10H,2,5,8-9H2,1H3,(H,15,16,19)/t10-/m1/s1. The number of hydrogen-bond acceptors (Lipinski definition) is 4. The molecule has 0 aromatic carbocycles. The van der Waals surface area contributed by atoms with Crippen molar-refractivity contribution < 1.29 is 9.32 Å². The number of carbonyl (C=O) groups excluding carboxylic acids is 1. The topological polar surface area (TPSA) is 76.2 Å². The second-order valence-corrected chi connectivity index (χ2v) is 5.09. The minimum Gasteiger partial charge on any atom is -0.363 e. The van der Waals surface area contributed by atoms with Gasteiger partial charge in [0.15, 0.2) is 5.82 Å². The fourth-order valence-electron chi connectivity index (χ4n) is 2.52. The van der Waals surface area contributed by atoms with Crippen LogP contribution in [-0.2, 0) is 13.0 Å². The molecule has 0 aliphatic carbocycles. The lowest BCUT2D eigenvalue weighted by atomic mass is 9.97. The van der Waals surface area contributed by atoms with Crippen molar-refractivity contribution in [1.82, 2.24) is 19.6 Å². The molecular formula is C13H17N5O2. The molecule has 106 valence electrons. The third-order valence-corrected chi connectivity index (χ3v) is 3.60. The Morgan fingerprint density at radius 3 is 3.35 bits per heavy atom. The van der Waals surface area contributed by atoms with Crippen molar-refractivity contribution >= 4 is 11.8 Å². The molecule has 3 rings (SSSR count). The summed E-state index contributed by atoms with van der Waals surface area (Å²) >= 11 is 0. The zero-order valence-corrected chi connectivity index (χ0v) is 11.3. The van der Waals surface area contributed by atoms with E-state index < -0.39 is 0 Å². The normalized spacial score (nSPS) is 17.6. The summed E-state index contributed by atoms with van der Waals surface area (Å²) in [7, 11) is 1.79. The molecule has 0 spiro atoms. The fraction of sp³-hybridized carbons (Fsp3) is 0.462. The number of nitrogens with zero attached hydrogens (tertiary/aromatic N) is 4. The van der Waals surface area contributed by atoms with Gasteiger partial charge in [-0.15, -0.1) is 0 Å². The maximum absolute atomic E-state index is 12.0. The summed E-state index contributed by atoms with van der Waals surface area (Å²) in [5, 5.41) is 6.35. The average molecular weight is 275 g/mol. The number of anilines is 1. The lowest BCUT2D eigenvalue weighted by molar-refractivity contribution is 0.207. The Bertz CT molecular complexity index is 577. The first kappa shape index (κ1) is 12.7. The van der Waals surface area contributed by atoms with E-state index in [1.54, 1.807) is 18.0 Å². The summed E-state index contributed by atoms with van der Waals surface area (Å²) in [5.41, 5.74) is 0. The quantitative estimate of drug-likeness (QED) is 0.923. The lowest BCUT2D eigenvalue weighted by Gasteiger charge is -2.27. The van der Waals surface area contributed by atoms with Gasteiger partial charge in [0.25, 0.3) is 0 Å². The van der Waals surface area contributed by atoms with Crippen LogP contribution < -0.4 is 5.32 Å². The largest absolute Gasteiger partial charge is 0.363 e. The highest BCUT2D eigenvalue weighted by molar-refractivity contribution is 5.87. The molecule has 0 saturated heterocycles. The third-order valence-electron chi connectivity index (χ3n) is 3.60. The number of aromatic nitrogens is 3. The zero-order valence-electron chi connectivity index (χ0n) is 11.3. The summed E-state index contributed by atoms with van der Waals surface area (Å²) < 4.78 is 6.85. The molecule has 2 aromatic rings. The van der Waals surface area contributed by atoms with Crippen molar-refractivity contribution in [3.8, 4) is 0 Å². The van der Waals surface area contributed by atoms with E-state index in [2.05, 4.69) is 24.5 Å². The van der Waals surface area contributed by atoms with Gasteiger partial charge in [-0.2, -0.15) is 0 Å². The van der Waals surface area contributed by atoms with Gasteiger partial charge < -0.3 is 14.0 Å². The van der Waals surface area contributed by atoms with Crippen LogP contribution in [0, 0.1) is 5.92 Å². The van der Waals surface area contributed by atoms with E-state index in [0.29, 0.717) is 18.3 Å². The smallest absolute Gasteiger partial charge is 0.322 e. The third kappa shape index (κ3) is 2.66. The monoisotopic (exact) mass is 275 g/mol. The Balaban J connectivity index is 1.54. The molecule has 1 N–H and O–H groups in total. The molecule has 1 aliphatic rings. The van der Waals surface area contributed by atoms with Crippen molar-refractivity contribution in [3.63, 3.8) is 0 Å². The Morgan fingerprint density at radius 2 is 2.55 bits per heavy atom. The number of imidazole rings is 1. The van der Waals surface area contributed by atoms with Gasteiger partial charge in [0, 0.05) is 45.0 Å². The average Bonchev–Trinajstić information content (AvgIpc) is 3.08. The summed E-state index contributed by atoms with van der Waals surface area (Å²) in [6, 6.07) is 1.44. The molecule has 0 radical (unpaired) electrons. The number of carbonyl (C=O) groups is 1. The molecule has 0 unspecified atom stereocenters. The van der Waals surface area contributed by atoms with Gasteiger partial charge in [0.1, 0.15) is 12.1 Å². The van der Waals surface area contributed by atoms with E-state index in [-0.39, 0.29) is 6.03 Å². The Labute approximate surface area is 116 Å². The number of amides is 2. The van der Waals surface area contributed by atoms with Crippen molar-refractivity contribution in [1.29, 1.82) is 0 Å². The van der Waals surface area contributed by atoms with Crippen LogP contribution in [0.5, 0.6) is 0 Å². The predicted octanol–water partition coefficient (Wildman–Crippen LogP) is 1.60. The van der Waals surface area contributed by atoms with Gasteiger partial charge in [0.05, 0.1) is 0 Å². The summed E-state index contributed by atoms with van der Waals surface area (Å²) in [4.78, 5) is 18.0. The second kappa shape index (κ2) is 5.36. The van der Waals surface area contributed by atoms with Crippen molar-refractivity contribution in [2.45, 2.75) is 19.4 Å². The van der Waals surface area contributed by atoms with E-state index in [1.165, 1.54) is 6.26 Å². The summed E-state index contributed by atoms with van der Waals surface area (Å²) in [5.74, 6) is 1.98. The van der Waals surface area contributed by atoms with E-state index in [1.807, 2.05) is 12.4 Å². The minimum absolute atomic E-state index is 0.173. The van der Waals surface area contributed by atoms with Gasteiger partial charge in [-0.1, -0.05) is 5.16 Å². The van der Waals surface area contributed by atoms with Crippen LogP contribution in [0.25, 0.3) is 0 Å². The summed E-state index contributed by atoms with van der Waals surface area (Å²) in [6.45, 7) is 1.68. The molecule has 1 atom stereocenters. The van der Waals surface area contributed by atoms with E-state index in [0.717, 1.165) is 25.2 Å². The van der Waals surface area contributed by atoms with E-state index in [4.69, 9.17) is 0 Å². The van der Waals surface area contributed by atoms with Crippen molar-refractivity contribution in [3.05, 3.63) is 30.5 Å². The van der Waals surface area contributed by atoms with Gasteiger partial charge in [-0.3, -0.25) is 5.32 Å². The summed E-state index contributed by atoms with van der Waals surface area (Å²) in [6.07, 6.45) is 7.24. The first-order valence-electron chi connectivity index (χ1n) is 6.65. The van der Waals surface area contributed by atoms with Crippen LogP contribution in [0.4, 0.5) is 10.6 Å². The molecular weight excluding hydrogens is 258 g/mol. The molecule has 2 aromatic heterocycles. The van der Waals surface area contributed by atoms with Crippen LogP contribution >= 0.6 is 0 Å². The minimum atomic E-state index is -0.173. The van der Waals surface area contributed by atoms with Crippen LogP contribution in [0.2, 0.25) is 0 Å². The molecule has 3 heterocycles. The van der Waals surface area contributed by atoms with E-state index >= 15 is 0 Å². The number of urea groups is 1. The maximum Gasteiger partial charge on any atom is 0.322 e.